The number of ether oxygens (including phenoxy) is 1. The molecule has 0 amide bonds. The first-order valence-electron chi connectivity index (χ1n) is 7.48. The van der Waals surface area contributed by atoms with Gasteiger partial charge >= 0.3 is 13.0 Å². The van der Waals surface area contributed by atoms with Gasteiger partial charge in [-0.1, -0.05) is 30.3 Å². The highest BCUT2D eigenvalue weighted by Gasteiger charge is 2.35. The fourth-order valence-electron chi connectivity index (χ4n) is 2.65. The second-order valence-electron chi connectivity index (χ2n) is 5.35. The Morgan fingerprint density at radius 2 is 2.10 bits per heavy atom. The van der Waals surface area contributed by atoms with E-state index >= 15 is 0 Å². The second kappa shape index (κ2) is 7.59. The molecule has 1 aromatic carbocycles. The smallest absolute Gasteiger partial charge is 0.376 e. The quantitative estimate of drug-likeness (QED) is 0.643. The highest BCUT2D eigenvalue weighted by Crippen LogP contribution is 2.16. The number of rotatable bonds is 5. The summed E-state index contributed by atoms with van der Waals surface area (Å²) in [6.07, 6.45) is 0. The van der Waals surface area contributed by atoms with Gasteiger partial charge in [-0.25, -0.2) is 0 Å². The van der Waals surface area contributed by atoms with E-state index in [1.807, 2.05) is 29.9 Å². The minimum atomic E-state index is -0.541. The van der Waals surface area contributed by atoms with E-state index in [0.717, 1.165) is 19.6 Å². The molecule has 1 aromatic rings. The Balaban J connectivity index is 2.08. The van der Waals surface area contributed by atoms with Crippen molar-refractivity contribution in [3.05, 3.63) is 35.9 Å². The van der Waals surface area contributed by atoms with Gasteiger partial charge in [-0.2, -0.15) is 0 Å². The van der Waals surface area contributed by atoms with Crippen LogP contribution in [0.4, 0.5) is 0 Å². The van der Waals surface area contributed by atoms with E-state index in [2.05, 4.69) is 17.0 Å². The molecule has 1 atom stereocenters. The van der Waals surface area contributed by atoms with E-state index < -0.39 is 7.05 Å². The Hall–Kier alpha value is -1.37. The SMILES string of the molecule is CCOC(=O)C1CN(B(C)O)CCN1Cc1ccccc1. The Morgan fingerprint density at radius 1 is 1.38 bits per heavy atom. The number of hydrogen-bond donors (Lipinski definition) is 1. The van der Waals surface area contributed by atoms with Crippen LogP contribution in [0.2, 0.25) is 6.82 Å². The Morgan fingerprint density at radius 3 is 2.71 bits per heavy atom. The minimum Gasteiger partial charge on any atom is -0.465 e. The lowest BCUT2D eigenvalue weighted by molar-refractivity contribution is -0.151. The predicted molar refractivity (Wildman–Crippen MR) is 82.7 cm³/mol. The number of hydrogen-bond acceptors (Lipinski definition) is 5. The highest BCUT2D eigenvalue weighted by atomic mass is 16.5. The molecule has 1 fully saturated rings. The van der Waals surface area contributed by atoms with Crippen molar-refractivity contribution in [1.29, 1.82) is 0 Å². The van der Waals surface area contributed by atoms with Gasteiger partial charge in [-0.15, -0.1) is 0 Å². The minimum absolute atomic E-state index is 0.209. The van der Waals surface area contributed by atoms with Gasteiger partial charge in [0.2, 0.25) is 0 Å². The van der Waals surface area contributed by atoms with Gasteiger partial charge < -0.3 is 14.6 Å². The molecule has 21 heavy (non-hydrogen) atoms. The zero-order valence-corrected chi connectivity index (χ0v) is 12.7. The van der Waals surface area contributed by atoms with E-state index in [1.165, 1.54) is 5.56 Å². The Kier molecular flexibility index (Phi) is 5.79. The summed E-state index contributed by atoms with van der Waals surface area (Å²) in [5.41, 5.74) is 1.18. The van der Waals surface area contributed by atoms with Crippen molar-refractivity contribution in [2.45, 2.75) is 26.3 Å². The number of carbonyl (C=O) groups excluding carboxylic acids is 1. The third-order valence-corrected chi connectivity index (χ3v) is 3.84. The number of carbonyl (C=O) groups is 1. The molecule has 6 heteroatoms. The summed E-state index contributed by atoms with van der Waals surface area (Å²) >= 11 is 0. The predicted octanol–water partition coefficient (Wildman–Crippen LogP) is 0.846. The third-order valence-electron chi connectivity index (χ3n) is 3.84. The molecule has 2 rings (SSSR count). The molecule has 0 bridgehead atoms. The number of nitrogens with zero attached hydrogens (tertiary/aromatic N) is 2. The van der Waals surface area contributed by atoms with E-state index in [4.69, 9.17) is 4.74 Å². The van der Waals surface area contributed by atoms with E-state index in [-0.39, 0.29) is 12.0 Å². The lowest BCUT2D eigenvalue weighted by atomic mass is 9.83. The van der Waals surface area contributed by atoms with E-state index in [0.29, 0.717) is 13.2 Å². The maximum atomic E-state index is 12.2. The van der Waals surface area contributed by atoms with Crippen molar-refractivity contribution >= 4 is 13.0 Å². The molecule has 1 N–H and O–H groups in total. The van der Waals surface area contributed by atoms with Gasteiger partial charge in [-0.05, 0) is 19.3 Å². The molecule has 1 saturated heterocycles. The van der Waals surface area contributed by atoms with Gasteiger partial charge in [0.15, 0.2) is 0 Å². The van der Waals surface area contributed by atoms with Crippen LogP contribution in [-0.4, -0.2) is 60.0 Å². The summed E-state index contributed by atoms with van der Waals surface area (Å²) in [5.74, 6) is -0.209. The van der Waals surface area contributed by atoms with Crippen LogP contribution < -0.4 is 0 Å². The van der Waals surface area contributed by atoms with Crippen molar-refractivity contribution in [2.24, 2.45) is 0 Å². The molecule has 114 valence electrons. The monoisotopic (exact) mass is 290 g/mol. The molecule has 1 unspecified atom stereocenters. The topological polar surface area (TPSA) is 53.0 Å². The zero-order valence-electron chi connectivity index (χ0n) is 12.7. The van der Waals surface area contributed by atoms with Crippen molar-refractivity contribution in [2.75, 3.05) is 26.2 Å². The van der Waals surface area contributed by atoms with Crippen LogP contribution in [0.3, 0.4) is 0 Å². The molecule has 0 aromatic heterocycles. The summed E-state index contributed by atoms with van der Waals surface area (Å²) in [4.78, 5) is 16.2. The number of benzene rings is 1. The van der Waals surface area contributed by atoms with Crippen molar-refractivity contribution in [1.82, 2.24) is 9.71 Å². The van der Waals surface area contributed by atoms with Crippen LogP contribution in [0.5, 0.6) is 0 Å². The number of piperazine rings is 1. The summed E-state index contributed by atoms with van der Waals surface area (Å²) in [6.45, 7) is 6.64. The largest absolute Gasteiger partial charge is 0.465 e. The fraction of sp³-hybridized carbons (Fsp3) is 0.533. The van der Waals surface area contributed by atoms with E-state index in [9.17, 15) is 9.82 Å². The van der Waals surface area contributed by atoms with Crippen LogP contribution in [0.25, 0.3) is 0 Å². The van der Waals surface area contributed by atoms with Crippen molar-refractivity contribution < 1.29 is 14.6 Å². The van der Waals surface area contributed by atoms with Crippen LogP contribution >= 0.6 is 0 Å². The van der Waals surface area contributed by atoms with E-state index in [1.54, 1.807) is 6.82 Å². The number of esters is 1. The average molecular weight is 290 g/mol. The summed E-state index contributed by atoms with van der Waals surface area (Å²) < 4.78 is 5.19. The Labute approximate surface area is 126 Å². The first kappa shape index (κ1) is 16.0. The van der Waals surface area contributed by atoms with Gasteiger partial charge in [0, 0.05) is 26.2 Å². The fourth-order valence-corrected chi connectivity index (χ4v) is 2.65. The Bertz CT molecular complexity index is 455. The van der Waals surface area contributed by atoms with Crippen LogP contribution in [0, 0.1) is 0 Å². The van der Waals surface area contributed by atoms with Gasteiger partial charge in [-0.3, -0.25) is 9.69 Å². The molecule has 1 aliphatic rings. The van der Waals surface area contributed by atoms with Crippen molar-refractivity contribution in [3.8, 4) is 0 Å². The first-order valence-corrected chi connectivity index (χ1v) is 7.48. The summed E-state index contributed by atoms with van der Waals surface area (Å²) in [7, 11) is -0.541. The molecule has 0 aliphatic carbocycles. The van der Waals surface area contributed by atoms with Gasteiger partial charge in [0.1, 0.15) is 6.04 Å². The lowest BCUT2D eigenvalue weighted by Gasteiger charge is -2.40. The zero-order chi connectivity index (χ0) is 15.2. The molecule has 5 nitrogen and oxygen atoms in total. The first-order chi connectivity index (χ1) is 10.1. The molecular weight excluding hydrogens is 267 g/mol. The molecule has 0 radical (unpaired) electrons. The molecule has 0 saturated carbocycles. The van der Waals surface area contributed by atoms with Gasteiger partial charge in [0.25, 0.3) is 0 Å². The maximum absolute atomic E-state index is 12.2. The normalized spacial score (nSPS) is 20.2. The molecular formula is C15H23BN2O3. The molecule has 1 heterocycles. The third kappa shape index (κ3) is 4.30. The van der Waals surface area contributed by atoms with Gasteiger partial charge in [0.05, 0.1) is 6.61 Å². The summed E-state index contributed by atoms with van der Waals surface area (Å²) in [5, 5.41) is 9.74. The highest BCUT2D eigenvalue weighted by molar-refractivity contribution is 6.45. The van der Waals surface area contributed by atoms with Crippen molar-refractivity contribution in [3.63, 3.8) is 0 Å². The van der Waals surface area contributed by atoms with Crippen LogP contribution in [0.15, 0.2) is 30.3 Å². The van der Waals surface area contributed by atoms with Crippen LogP contribution in [-0.2, 0) is 16.1 Å². The lowest BCUT2D eigenvalue weighted by Crippen LogP contribution is -2.59. The average Bonchev–Trinajstić information content (AvgIpc) is 2.48. The maximum Gasteiger partial charge on any atom is 0.376 e. The summed E-state index contributed by atoms with van der Waals surface area (Å²) in [6, 6.07) is 9.78. The molecule has 1 aliphatic heterocycles. The standard InChI is InChI=1S/C15H23BN2O3/c1-3-21-15(19)14-12-18(16(2)20)10-9-17(14)11-13-7-5-4-6-8-13/h4-8,14,20H,3,9-12H2,1-2H3. The van der Waals surface area contributed by atoms with Crippen LogP contribution in [0.1, 0.15) is 12.5 Å². The molecule has 0 spiro atoms. The second-order valence-corrected chi connectivity index (χ2v) is 5.35.